The lowest BCUT2D eigenvalue weighted by atomic mass is 9.85. The van der Waals surface area contributed by atoms with Crippen LogP contribution in [0.4, 0.5) is 5.82 Å². The van der Waals surface area contributed by atoms with E-state index in [1.807, 2.05) is 18.3 Å². The van der Waals surface area contributed by atoms with Crippen molar-refractivity contribution in [3.63, 3.8) is 0 Å². The summed E-state index contributed by atoms with van der Waals surface area (Å²) in [5, 5.41) is 17.1. The Kier molecular flexibility index (Phi) is 4.16. The standard InChI is InChI=1S/C14H12N6O2.CH2O2/c15-12(22)11-10-7(4-9(21)18-14(10)20-19-11)8-5-17-13-6(8)2-1-3-16-13;2-1-3/h1-3,5,7H,4H2,(H2,15,22)(H,16,17)(H2,18,19,20,21);1H,(H,2,3). The lowest BCUT2D eigenvalue weighted by Gasteiger charge is -2.22. The number of nitrogens with two attached hydrogens (primary N) is 1. The third-order valence-electron chi connectivity index (χ3n) is 3.90. The lowest BCUT2D eigenvalue weighted by molar-refractivity contribution is -0.123. The lowest BCUT2D eigenvalue weighted by Crippen LogP contribution is -2.25. The Morgan fingerprint density at radius 1 is 1.44 bits per heavy atom. The fraction of sp³-hybridized carbons (Fsp3) is 0.133. The molecule has 0 spiro atoms. The number of fused-ring (bicyclic) bond motifs is 2. The van der Waals surface area contributed by atoms with E-state index in [4.69, 9.17) is 15.6 Å². The van der Waals surface area contributed by atoms with Gasteiger partial charge in [0.25, 0.3) is 12.4 Å². The molecule has 1 atom stereocenters. The third-order valence-corrected chi connectivity index (χ3v) is 3.90. The topological polar surface area (TPSA) is 167 Å². The summed E-state index contributed by atoms with van der Waals surface area (Å²) < 4.78 is 0. The van der Waals surface area contributed by atoms with Gasteiger partial charge in [0, 0.05) is 35.7 Å². The van der Waals surface area contributed by atoms with Gasteiger partial charge in [-0.2, -0.15) is 5.10 Å². The molecule has 0 aromatic carbocycles. The zero-order valence-corrected chi connectivity index (χ0v) is 12.8. The molecule has 10 nitrogen and oxygen atoms in total. The second kappa shape index (κ2) is 6.43. The Morgan fingerprint density at radius 3 is 2.92 bits per heavy atom. The number of carboxylic acid groups (broad SMARTS) is 1. The number of carbonyl (C=O) groups is 3. The average molecular weight is 342 g/mol. The summed E-state index contributed by atoms with van der Waals surface area (Å²) in [7, 11) is 0. The summed E-state index contributed by atoms with van der Waals surface area (Å²) in [6.07, 6.45) is 3.71. The molecular weight excluding hydrogens is 328 g/mol. The molecule has 3 aromatic rings. The fourth-order valence-electron chi connectivity index (χ4n) is 2.97. The molecule has 0 saturated carbocycles. The Bertz CT molecular complexity index is 960. The van der Waals surface area contributed by atoms with Crippen molar-refractivity contribution in [2.45, 2.75) is 12.3 Å². The van der Waals surface area contributed by atoms with Gasteiger partial charge in [0.15, 0.2) is 5.82 Å². The zero-order valence-electron chi connectivity index (χ0n) is 12.8. The highest BCUT2D eigenvalue weighted by Gasteiger charge is 2.34. The number of anilines is 1. The summed E-state index contributed by atoms with van der Waals surface area (Å²) in [6, 6.07) is 3.75. The van der Waals surface area contributed by atoms with Gasteiger partial charge in [-0.25, -0.2) is 4.98 Å². The molecule has 1 aliphatic heterocycles. The number of nitrogens with one attached hydrogen (secondary N) is 3. The van der Waals surface area contributed by atoms with Crippen molar-refractivity contribution in [2.24, 2.45) is 5.73 Å². The van der Waals surface area contributed by atoms with E-state index in [0.717, 1.165) is 16.6 Å². The van der Waals surface area contributed by atoms with Crippen molar-refractivity contribution in [3.8, 4) is 0 Å². The molecule has 25 heavy (non-hydrogen) atoms. The molecule has 3 aromatic heterocycles. The SMILES string of the molecule is NC(=O)c1[nH]nc2c1C(c1c[nH]c3ncccc13)CC(=O)N2.O=CO. The van der Waals surface area contributed by atoms with Crippen molar-refractivity contribution in [2.75, 3.05) is 5.32 Å². The van der Waals surface area contributed by atoms with Crippen LogP contribution in [-0.4, -0.2) is 43.6 Å². The number of carbonyl (C=O) groups excluding carboxylic acids is 2. The van der Waals surface area contributed by atoms with Crippen molar-refractivity contribution < 1.29 is 19.5 Å². The van der Waals surface area contributed by atoms with E-state index in [0.29, 0.717) is 11.4 Å². The van der Waals surface area contributed by atoms with Crippen LogP contribution in [0.3, 0.4) is 0 Å². The minimum Gasteiger partial charge on any atom is -0.483 e. The molecule has 0 saturated heterocycles. The quantitative estimate of drug-likeness (QED) is 0.426. The maximum Gasteiger partial charge on any atom is 0.290 e. The number of pyridine rings is 1. The van der Waals surface area contributed by atoms with Crippen LogP contribution in [0.15, 0.2) is 24.5 Å². The number of aromatic amines is 2. The predicted molar refractivity (Wildman–Crippen MR) is 87.0 cm³/mol. The van der Waals surface area contributed by atoms with Gasteiger partial charge in [-0.1, -0.05) is 0 Å². The van der Waals surface area contributed by atoms with Gasteiger partial charge in [0.2, 0.25) is 5.91 Å². The van der Waals surface area contributed by atoms with E-state index in [2.05, 4.69) is 25.5 Å². The van der Waals surface area contributed by atoms with Crippen LogP contribution < -0.4 is 11.1 Å². The Hall–Kier alpha value is -3.69. The highest BCUT2D eigenvalue weighted by Crippen LogP contribution is 2.40. The number of hydrogen-bond donors (Lipinski definition) is 5. The maximum absolute atomic E-state index is 11.9. The van der Waals surface area contributed by atoms with Gasteiger partial charge in [0.05, 0.1) is 0 Å². The summed E-state index contributed by atoms with van der Waals surface area (Å²) in [4.78, 5) is 39.2. The van der Waals surface area contributed by atoms with Gasteiger partial charge >= 0.3 is 0 Å². The van der Waals surface area contributed by atoms with Crippen LogP contribution >= 0.6 is 0 Å². The first-order valence-electron chi connectivity index (χ1n) is 7.24. The Labute approximate surface area is 140 Å². The van der Waals surface area contributed by atoms with Crippen molar-refractivity contribution in [3.05, 3.63) is 41.3 Å². The van der Waals surface area contributed by atoms with E-state index < -0.39 is 5.91 Å². The fourth-order valence-corrected chi connectivity index (χ4v) is 2.97. The smallest absolute Gasteiger partial charge is 0.290 e. The average Bonchev–Trinajstić information content (AvgIpc) is 3.18. The molecule has 128 valence electrons. The van der Waals surface area contributed by atoms with Crippen LogP contribution in [0.1, 0.15) is 34.0 Å². The molecule has 1 aliphatic rings. The molecule has 0 radical (unpaired) electrons. The summed E-state index contributed by atoms with van der Waals surface area (Å²) in [6.45, 7) is -0.250. The van der Waals surface area contributed by atoms with E-state index in [1.165, 1.54) is 0 Å². The normalized spacial score (nSPS) is 15.7. The first-order chi connectivity index (χ1) is 12.1. The minimum absolute atomic E-state index is 0.154. The van der Waals surface area contributed by atoms with Crippen LogP contribution in [0.25, 0.3) is 11.0 Å². The second-order valence-corrected chi connectivity index (χ2v) is 5.28. The van der Waals surface area contributed by atoms with E-state index in [1.54, 1.807) is 6.20 Å². The van der Waals surface area contributed by atoms with Gasteiger partial charge < -0.3 is 21.1 Å². The van der Waals surface area contributed by atoms with Gasteiger partial charge in [-0.3, -0.25) is 19.5 Å². The number of hydrogen-bond acceptors (Lipinski definition) is 5. The van der Waals surface area contributed by atoms with Crippen molar-refractivity contribution >= 4 is 35.1 Å². The maximum atomic E-state index is 11.9. The molecular formula is C15H14N6O4. The summed E-state index contributed by atoms with van der Waals surface area (Å²) >= 11 is 0. The summed E-state index contributed by atoms with van der Waals surface area (Å²) in [5.74, 6) is -0.706. The predicted octanol–water partition coefficient (Wildman–Crippen LogP) is 0.560. The Balaban J connectivity index is 0.000000569. The van der Waals surface area contributed by atoms with E-state index in [-0.39, 0.29) is 30.4 Å². The molecule has 4 heterocycles. The molecule has 2 amide bonds. The molecule has 0 aliphatic carbocycles. The van der Waals surface area contributed by atoms with Crippen molar-refractivity contribution in [1.82, 2.24) is 20.2 Å². The zero-order chi connectivity index (χ0) is 18.0. The minimum atomic E-state index is -0.604. The second-order valence-electron chi connectivity index (χ2n) is 5.28. The number of nitrogens with zero attached hydrogens (tertiary/aromatic N) is 2. The molecule has 0 bridgehead atoms. The number of amides is 2. The van der Waals surface area contributed by atoms with Gasteiger partial charge in [0.1, 0.15) is 11.3 Å². The monoisotopic (exact) mass is 342 g/mol. The first-order valence-corrected chi connectivity index (χ1v) is 7.24. The highest BCUT2D eigenvalue weighted by atomic mass is 16.3. The third kappa shape index (κ3) is 2.80. The van der Waals surface area contributed by atoms with Gasteiger partial charge in [-0.05, 0) is 17.7 Å². The van der Waals surface area contributed by atoms with Crippen LogP contribution in [-0.2, 0) is 9.59 Å². The van der Waals surface area contributed by atoms with Crippen molar-refractivity contribution in [1.29, 1.82) is 0 Å². The molecule has 10 heteroatoms. The molecule has 0 fully saturated rings. The number of aromatic nitrogens is 4. The number of H-pyrrole nitrogens is 2. The van der Waals surface area contributed by atoms with E-state index >= 15 is 0 Å². The van der Waals surface area contributed by atoms with E-state index in [9.17, 15) is 9.59 Å². The van der Waals surface area contributed by atoms with Gasteiger partial charge in [-0.15, -0.1) is 0 Å². The number of primary amides is 1. The van der Waals surface area contributed by atoms with Crippen LogP contribution in [0, 0.1) is 0 Å². The van der Waals surface area contributed by atoms with Crippen LogP contribution in [0.2, 0.25) is 0 Å². The van der Waals surface area contributed by atoms with Crippen LogP contribution in [0.5, 0.6) is 0 Å². The molecule has 6 N–H and O–H groups in total. The Morgan fingerprint density at radius 2 is 2.20 bits per heavy atom. The first kappa shape index (κ1) is 16.2. The number of rotatable bonds is 2. The summed E-state index contributed by atoms with van der Waals surface area (Å²) in [5.41, 5.74) is 7.87. The molecule has 4 rings (SSSR count). The molecule has 1 unspecified atom stereocenters. The highest BCUT2D eigenvalue weighted by molar-refractivity contribution is 6.00. The largest absolute Gasteiger partial charge is 0.483 e.